The van der Waals surface area contributed by atoms with Crippen LogP contribution in [0.1, 0.15) is 11.4 Å². The fourth-order valence-electron chi connectivity index (χ4n) is 1.72. The molecule has 3 heterocycles. The van der Waals surface area contributed by atoms with E-state index in [-0.39, 0.29) is 5.95 Å². The number of nitrogens with zero attached hydrogens (tertiary/aromatic N) is 7. The van der Waals surface area contributed by atoms with E-state index in [1.54, 1.807) is 29.4 Å². The van der Waals surface area contributed by atoms with Crippen molar-refractivity contribution in [3.8, 4) is 11.9 Å². The van der Waals surface area contributed by atoms with Crippen molar-refractivity contribution in [2.45, 2.75) is 13.8 Å². The van der Waals surface area contributed by atoms with E-state index in [2.05, 4.69) is 30.5 Å². The summed E-state index contributed by atoms with van der Waals surface area (Å²) in [4.78, 5) is 17.0. The maximum Gasteiger partial charge on any atom is 0.257 e. The highest BCUT2D eigenvalue weighted by atomic mass is 15.4. The molecule has 3 rings (SSSR count). The van der Waals surface area contributed by atoms with Gasteiger partial charge in [0.25, 0.3) is 5.95 Å². The molecule has 0 atom stereocenters. The van der Waals surface area contributed by atoms with Crippen LogP contribution >= 0.6 is 0 Å². The molecule has 0 saturated heterocycles. The number of nitrogens with two attached hydrogens (primary N) is 1. The lowest BCUT2D eigenvalue weighted by atomic mass is 10.4. The summed E-state index contributed by atoms with van der Waals surface area (Å²) in [5, 5.41) is 4.09. The van der Waals surface area contributed by atoms with Gasteiger partial charge in [0, 0.05) is 18.1 Å². The van der Waals surface area contributed by atoms with Gasteiger partial charge < -0.3 is 0 Å². The summed E-state index contributed by atoms with van der Waals surface area (Å²) in [6, 6.07) is 1.78. The quantitative estimate of drug-likeness (QED) is 0.515. The van der Waals surface area contributed by atoms with Crippen LogP contribution in [0.2, 0.25) is 0 Å². The van der Waals surface area contributed by atoms with E-state index >= 15 is 0 Å². The van der Waals surface area contributed by atoms with Gasteiger partial charge in [-0.15, -0.1) is 0 Å². The van der Waals surface area contributed by atoms with Gasteiger partial charge in [0.05, 0.1) is 5.69 Å². The van der Waals surface area contributed by atoms with Crippen molar-refractivity contribution in [1.29, 1.82) is 0 Å². The summed E-state index contributed by atoms with van der Waals surface area (Å²) in [5.74, 6) is 6.46. The van der Waals surface area contributed by atoms with Crippen LogP contribution in [0.3, 0.4) is 0 Å². The Bertz CT molecular complexity index is 728. The molecule has 3 N–H and O–H groups in total. The molecule has 0 aliphatic carbocycles. The minimum atomic E-state index is 0.256. The van der Waals surface area contributed by atoms with Crippen LogP contribution in [0.15, 0.2) is 24.8 Å². The Kier molecular flexibility index (Phi) is 2.88. The van der Waals surface area contributed by atoms with Gasteiger partial charge >= 0.3 is 0 Å². The number of hydrogen-bond donors (Lipinski definition) is 2. The zero-order chi connectivity index (χ0) is 14.1. The maximum atomic E-state index is 5.40. The van der Waals surface area contributed by atoms with Crippen molar-refractivity contribution in [3.63, 3.8) is 0 Å². The number of nitrogen functional groups attached to an aromatic ring is 1. The van der Waals surface area contributed by atoms with Gasteiger partial charge in [0.1, 0.15) is 6.33 Å². The van der Waals surface area contributed by atoms with Crippen molar-refractivity contribution in [2.75, 3.05) is 5.43 Å². The summed E-state index contributed by atoms with van der Waals surface area (Å²) in [6.45, 7) is 3.86. The van der Waals surface area contributed by atoms with Crippen molar-refractivity contribution in [3.05, 3.63) is 36.2 Å². The molecule has 3 aromatic rings. The molecule has 0 spiro atoms. The van der Waals surface area contributed by atoms with Gasteiger partial charge in [-0.1, -0.05) is 0 Å². The number of hydrogen-bond acceptors (Lipinski definition) is 7. The minimum Gasteiger partial charge on any atom is -0.292 e. The largest absolute Gasteiger partial charge is 0.292 e. The van der Waals surface area contributed by atoms with Gasteiger partial charge in [-0.2, -0.15) is 20.1 Å². The molecular weight excluding hydrogens is 258 g/mol. The molecule has 20 heavy (non-hydrogen) atoms. The maximum absolute atomic E-state index is 5.40. The van der Waals surface area contributed by atoms with Crippen molar-refractivity contribution < 1.29 is 0 Å². The highest BCUT2D eigenvalue weighted by Gasteiger charge is 2.12. The Morgan fingerprint density at radius 3 is 2.55 bits per heavy atom. The summed E-state index contributed by atoms with van der Waals surface area (Å²) in [7, 11) is 0. The first-order valence-electron chi connectivity index (χ1n) is 5.92. The SMILES string of the molecule is Cc1ncn(-c2nc(NN)nc(-n3cccn3)n2)c1C. The number of nitrogens with one attached hydrogen (secondary N) is 1. The van der Waals surface area contributed by atoms with E-state index in [9.17, 15) is 0 Å². The molecular formula is C11H13N9. The monoisotopic (exact) mass is 271 g/mol. The van der Waals surface area contributed by atoms with Gasteiger partial charge in [0.2, 0.25) is 11.9 Å². The number of imidazole rings is 1. The molecule has 0 bridgehead atoms. The Hall–Kier alpha value is -2.81. The highest BCUT2D eigenvalue weighted by molar-refractivity contribution is 5.33. The van der Waals surface area contributed by atoms with E-state index in [0.717, 1.165) is 11.4 Å². The predicted octanol–water partition coefficient (Wildman–Crippen LogP) is 0.145. The van der Waals surface area contributed by atoms with E-state index in [1.807, 2.05) is 13.8 Å². The number of aryl methyl sites for hydroxylation is 1. The Labute approximate surface area is 114 Å². The average Bonchev–Trinajstić information content (AvgIpc) is 3.10. The molecule has 0 aliphatic heterocycles. The van der Waals surface area contributed by atoms with Crippen LogP contribution in [-0.4, -0.2) is 34.3 Å². The van der Waals surface area contributed by atoms with Crippen molar-refractivity contribution in [2.24, 2.45) is 5.84 Å². The smallest absolute Gasteiger partial charge is 0.257 e. The zero-order valence-corrected chi connectivity index (χ0v) is 11.0. The number of aromatic nitrogens is 7. The molecule has 0 radical (unpaired) electrons. The molecule has 3 aromatic heterocycles. The average molecular weight is 271 g/mol. The van der Waals surface area contributed by atoms with Gasteiger partial charge in [-0.05, 0) is 19.9 Å². The number of hydrazine groups is 1. The van der Waals surface area contributed by atoms with E-state index in [0.29, 0.717) is 11.9 Å². The second kappa shape index (κ2) is 4.70. The van der Waals surface area contributed by atoms with Crippen LogP contribution in [0.4, 0.5) is 5.95 Å². The van der Waals surface area contributed by atoms with Gasteiger partial charge in [-0.3, -0.25) is 9.99 Å². The molecule has 0 saturated carbocycles. The van der Waals surface area contributed by atoms with Gasteiger partial charge in [-0.25, -0.2) is 15.5 Å². The third-order valence-corrected chi connectivity index (χ3v) is 2.92. The lowest BCUT2D eigenvalue weighted by Gasteiger charge is -2.08. The van der Waals surface area contributed by atoms with Crippen molar-refractivity contribution in [1.82, 2.24) is 34.3 Å². The third kappa shape index (κ3) is 1.99. The Balaban J connectivity index is 2.16. The third-order valence-electron chi connectivity index (χ3n) is 2.92. The fourth-order valence-corrected chi connectivity index (χ4v) is 1.72. The lowest BCUT2D eigenvalue weighted by Crippen LogP contribution is -2.16. The normalized spacial score (nSPS) is 10.8. The predicted molar refractivity (Wildman–Crippen MR) is 71.4 cm³/mol. The molecule has 0 aliphatic rings. The summed E-state index contributed by atoms with van der Waals surface area (Å²) >= 11 is 0. The highest BCUT2D eigenvalue weighted by Crippen LogP contribution is 2.12. The first kappa shape index (κ1) is 12.2. The van der Waals surface area contributed by atoms with E-state index < -0.39 is 0 Å². The summed E-state index contributed by atoms with van der Waals surface area (Å²) in [5.41, 5.74) is 4.29. The molecule has 0 unspecified atom stereocenters. The minimum absolute atomic E-state index is 0.256. The van der Waals surface area contributed by atoms with Crippen molar-refractivity contribution >= 4 is 5.95 Å². The van der Waals surface area contributed by atoms with Gasteiger partial charge in [0.15, 0.2) is 0 Å². The standard InChI is InChI=1S/C11H13N9/c1-7-8(2)19(6-13-7)10-15-9(18-12)16-11(17-10)20-5-3-4-14-20/h3-6H,12H2,1-2H3,(H,15,16,17,18). The lowest BCUT2D eigenvalue weighted by molar-refractivity contribution is 0.770. The van der Waals surface area contributed by atoms with Crippen LogP contribution in [0.25, 0.3) is 11.9 Å². The molecule has 9 nitrogen and oxygen atoms in total. The Morgan fingerprint density at radius 2 is 1.95 bits per heavy atom. The molecule has 0 aromatic carbocycles. The van der Waals surface area contributed by atoms with Crippen LogP contribution in [0.5, 0.6) is 0 Å². The number of anilines is 1. The first-order chi connectivity index (χ1) is 9.69. The summed E-state index contributed by atoms with van der Waals surface area (Å²) < 4.78 is 3.30. The molecule has 9 heteroatoms. The van der Waals surface area contributed by atoms with Crippen LogP contribution in [0, 0.1) is 13.8 Å². The van der Waals surface area contributed by atoms with E-state index in [4.69, 9.17) is 5.84 Å². The first-order valence-corrected chi connectivity index (χ1v) is 5.92. The van der Waals surface area contributed by atoms with Crippen LogP contribution in [-0.2, 0) is 0 Å². The molecule has 0 amide bonds. The number of rotatable bonds is 3. The summed E-state index contributed by atoms with van der Waals surface area (Å²) in [6.07, 6.45) is 5.05. The topological polar surface area (TPSA) is 112 Å². The molecule has 102 valence electrons. The second-order valence-electron chi connectivity index (χ2n) is 4.14. The second-order valence-corrected chi connectivity index (χ2v) is 4.14. The fraction of sp³-hybridized carbons (Fsp3) is 0.182. The van der Waals surface area contributed by atoms with E-state index in [1.165, 1.54) is 4.68 Å². The Morgan fingerprint density at radius 1 is 1.15 bits per heavy atom. The molecule has 0 fully saturated rings. The van der Waals surface area contributed by atoms with Crippen LogP contribution < -0.4 is 11.3 Å². The zero-order valence-electron chi connectivity index (χ0n) is 11.0.